The number of aromatic nitrogens is 2. The Kier molecular flexibility index (Phi) is 3.55. The summed E-state index contributed by atoms with van der Waals surface area (Å²) >= 11 is 0. The zero-order chi connectivity index (χ0) is 13.2. The molecule has 0 aromatic carbocycles. The van der Waals surface area contributed by atoms with Crippen LogP contribution in [0.1, 0.15) is 36.2 Å². The van der Waals surface area contributed by atoms with E-state index >= 15 is 0 Å². The highest BCUT2D eigenvalue weighted by atomic mass is 16.2. The van der Waals surface area contributed by atoms with Crippen molar-refractivity contribution in [1.82, 2.24) is 19.8 Å². The van der Waals surface area contributed by atoms with Crippen LogP contribution in [0.2, 0.25) is 0 Å². The van der Waals surface area contributed by atoms with E-state index in [4.69, 9.17) is 0 Å². The Balaban J connectivity index is 1.69. The first-order valence-corrected chi connectivity index (χ1v) is 7.23. The summed E-state index contributed by atoms with van der Waals surface area (Å²) in [7, 11) is 1.88. The third kappa shape index (κ3) is 2.97. The van der Waals surface area contributed by atoms with Crippen molar-refractivity contribution in [2.45, 2.75) is 31.7 Å². The second kappa shape index (κ2) is 5.33. The summed E-state index contributed by atoms with van der Waals surface area (Å²) in [6.45, 7) is 2.82. The molecule has 1 aromatic rings. The van der Waals surface area contributed by atoms with E-state index in [2.05, 4.69) is 10.3 Å². The van der Waals surface area contributed by atoms with E-state index in [1.54, 1.807) is 12.5 Å². The van der Waals surface area contributed by atoms with Gasteiger partial charge in [0.1, 0.15) is 5.69 Å². The van der Waals surface area contributed by atoms with Gasteiger partial charge in [0.05, 0.1) is 12.5 Å². The Morgan fingerprint density at radius 3 is 2.89 bits per heavy atom. The topological polar surface area (TPSA) is 50.2 Å². The van der Waals surface area contributed by atoms with Gasteiger partial charge < -0.3 is 14.8 Å². The first-order valence-electron chi connectivity index (χ1n) is 7.23. The molecule has 1 saturated carbocycles. The number of hydrogen-bond donors (Lipinski definition) is 1. The molecule has 1 aliphatic carbocycles. The van der Waals surface area contributed by atoms with Crippen molar-refractivity contribution in [2.24, 2.45) is 13.0 Å². The molecule has 2 aliphatic rings. The third-order valence-electron chi connectivity index (χ3n) is 4.10. The molecule has 1 unspecified atom stereocenters. The molecule has 19 heavy (non-hydrogen) atoms. The van der Waals surface area contributed by atoms with Gasteiger partial charge in [-0.3, -0.25) is 4.79 Å². The molecule has 0 bridgehead atoms. The molecule has 1 atom stereocenters. The van der Waals surface area contributed by atoms with Gasteiger partial charge in [-0.05, 0) is 38.1 Å². The molecule has 5 nitrogen and oxygen atoms in total. The number of imidazole rings is 1. The summed E-state index contributed by atoms with van der Waals surface area (Å²) in [5.74, 6) is 0.846. The second-order valence-corrected chi connectivity index (χ2v) is 5.84. The van der Waals surface area contributed by atoms with Gasteiger partial charge in [-0.15, -0.1) is 0 Å². The zero-order valence-electron chi connectivity index (χ0n) is 11.5. The summed E-state index contributed by atoms with van der Waals surface area (Å²) in [6.07, 6.45) is 8.31. The highest BCUT2D eigenvalue weighted by Gasteiger charge is 2.30. The van der Waals surface area contributed by atoms with E-state index in [0.717, 1.165) is 25.6 Å². The molecule has 1 aliphatic heterocycles. The lowest BCUT2D eigenvalue weighted by atomic mass is 10.2. The van der Waals surface area contributed by atoms with Crippen LogP contribution < -0.4 is 5.32 Å². The van der Waals surface area contributed by atoms with Crippen LogP contribution in [0.15, 0.2) is 12.5 Å². The van der Waals surface area contributed by atoms with E-state index in [1.165, 1.54) is 25.7 Å². The molecule has 0 spiro atoms. The number of hydrogen-bond acceptors (Lipinski definition) is 3. The van der Waals surface area contributed by atoms with Gasteiger partial charge in [0.2, 0.25) is 0 Å². The van der Waals surface area contributed by atoms with Crippen molar-refractivity contribution in [3.8, 4) is 0 Å². The van der Waals surface area contributed by atoms with Crippen LogP contribution in [-0.4, -0.2) is 46.0 Å². The Bertz CT molecular complexity index is 446. The maximum absolute atomic E-state index is 12.6. The Labute approximate surface area is 114 Å². The third-order valence-corrected chi connectivity index (χ3v) is 4.10. The number of carbonyl (C=O) groups is 1. The number of carbonyl (C=O) groups excluding carboxylic acids is 1. The molecule has 1 saturated heterocycles. The van der Waals surface area contributed by atoms with Crippen LogP contribution in [0.25, 0.3) is 0 Å². The predicted octanol–water partition coefficient (Wildman–Crippen LogP) is 1.02. The fraction of sp³-hybridized carbons (Fsp3) is 0.714. The molecular weight excluding hydrogens is 240 g/mol. The van der Waals surface area contributed by atoms with Crippen molar-refractivity contribution >= 4 is 5.91 Å². The lowest BCUT2D eigenvalue weighted by Gasteiger charge is -2.26. The number of amides is 1. The Morgan fingerprint density at radius 1 is 1.47 bits per heavy atom. The minimum absolute atomic E-state index is 0.126. The smallest absolute Gasteiger partial charge is 0.272 e. The maximum Gasteiger partial charge on any atom is 0.272 e. The lowest BCUT2D eigenvalue weighted by Crippen LogP contribution is -2.42. The maximum atomic E-state index is 12.6. The molecule has 104 valence electrons. The number of nitrogens with one attached hydrogen (secondary N) is 1. The molecule has 2 fully saturated rings. The normalized spacial score (nSPS) is 22.7. The second-order valence-electron chi connectivity index (χ2n) is 5.84. The number of aryl methyl sites for hydroxylation is 1. The van der Waals surface area contributed by atoms with Gasteiger partial charge in [-0.2, -0.15) is 0 Å². The molecule has 0 radical (unpaired) electrons. The minimum atomic E-state index is 0.126. The fourth-order valence-electron chi connectivity index (χ4n) is 2.76. The van der Waals surface area contributed by atoms with E-state index in [-0.39, 0.29) is 5.91 Å². The number of nitrogens with zero attached hydrogens (tertiary/aromatic N) is 3. The molecule has 1 amide bonds. The lowest BCUT2D eigenvalue weighted by molar-refractivity contribution is 0.0724. The molecular formula is C14H22N4O. The van der Waals surface area contributed by atoms with Crippen molar-refractivity contribution < 1.29 is 4.79 Å². The van der Waals surface area contributed by atoms with E-state index in [1.807, 2.05) is 16.5 Å². The largest absolute Gasteiger partial charge is 0.335 e. The van der Waals surface area contributed by atoms with Crippen molar-refractivity contribution in [3.05, 3.63) is 18.2 Å². The van der Waals surface area contributed by atoms with Crippen molar-refractivity contribution in [1.29, 1.82) is 0 Å². The molecule has 3 rings (SSSR count). The summed E-state index contributed by atoms with van der Waals surface area (Å²) in [6, 6.07) is 0.468. The van der Waals surface area contributed by atoms with Crippen LogP contribution in [-0.2, 0) is 7.05 Å². The van der Waals surface area contributed by atoms with Crippen LogP contribution in [0.3, 0.4) is 0 Å². The molecule has 1 aromatic heterocycles. The van der Waals surface area contributed by atoms with Gasteiger partial charge in [0.15, 0.2) is 0 Å². The molecule has 5 heteroatoms. The fourth-order valence-corrected chi connectivity index (χ4v) is 2.76. The van der Waals surface area contributed by atoms with E-state index in [9.17, 15) is 4.79 Å². The van der Waals surface area contributed by atoms with E-state index < -0.39 is 0 Å². The van der Waals surface area contributed by atoms with E-state index in [0.29, 0.717) is 11.7 Å². The average Bonchev–Trinajstić information content (AvgIpc) is 2.88. The molecule has 2 heterocycles. The van der Waals surface area contributed by atoms with Gasteiger partial charge >= 0.3 is 0 Å². The first kappa shape index (κ1) is 12.7. The predicted molar refractivity (Wildman–Crippen MR) is 72.9 cm³/mol. The standard InChI is InChI=1S/C14H22N4O/c1-17-10-15-7-13(17)14(19)18(8-11-4-5-11)9-12-3-2-6-16-12/h7,10-12,16H,2-6,8-9H2,1H3. The Hall–Kier alpha value is -1.36. The van der Waals surface area contributed by atoms with Crippen LogP contribution >= 0.6 is 0 Å². The summed E-state index contributed by atoms with van der Waals surface area (Å²) in [5.41, 5.74) is 0.693. The van der Waals surface area contributed by atoms with Crippen LogP contribution in [0, 0.1) is 5.92 Å². The Morgan fingerprint density at radius 2 is 2.32 bits per heavy atom. The minimum Gasteiger partial charge on any atom is -0.335 e. The summed E-state index contributed by atoms with van der Waals surface area (Å²) in [5, 5.41) is 3.48. The quantitative estimate of drug-likeness (QED) is 0.862. The van der Waals surface area contributed by atoms with Crippen LogP contribution in [0.4, 0.5) is 0 Å². The first-order chi connectivity index (χ1) is 9.24. The van der Waals surface area contributed by atoms with Crippen molar-refractivity contribution in [2.75, 3.05) is 19.6 Å². The van der Waals surface area contributed by atoms with Gasteiger partial charge in [0.25, 0.3) is 5.91 Å². The SMILES string of the molecule is Cn1cncc1C(=O)N(CC1CC1)CC1CCCN1. The highest BCUT2D eigenvalue weighted by Crippen LogP contribution is 2.30. The average molecular weight is 262 g/mol. The summed E-state index contributed by atoms with van der Waals surface area (Å²) in [4.78, 5) is 18.7. The number of rotatable bonds is 5. The van der Waals surface area contributed by atoms with Gasteiger partial charge in [0, 0.05) is 26.2 Å². The van der Waals surface area contributed by atoms with Gasteiger partial charge in [-0.25, -0.2) is 4.98 Å². The van der Waals surface area contributed by atoms with Crippen molar-refractivity contribution in [3.63, 3.8) is 0 Å². The molecule has 1 N–H and O–H groups in total. The summed E-state index contributed by atoms with van der Waals surface area (Å²) < 4.78 is 1.81. The zero-order valence-corrected chi connectivity index (χ0v) is 11.5. The van der Waals surface area contributed by atoms with Gasteiger partial charge in [-0.1, -0.05) is 0 Å². The van der Waals surface area contributed by atoms with Crippen LogP contribution in [0.5, 0.6) is 0 Å². The highest BCUT2D eigenvalue weighted by molar-refractivity contribution is 5.92. The monoisotopic (exact) mass is 262 g/mol.